The molecule has 4 nitrogen and oxygen atoms in total. The second kappa shape index (κ2) is 4.42. The fourth-order valence-electron chi connectivity index (χ4n) is 3.63. The van der Waals surface area contributed by atoms with Crippen molar-refractivity contribution >= 4 is 27.4 Å². The molecule has 3 atom stereocenters. The van der Waals surface area contributed by atoms with Crippen molar-refractivity contribution in [3.8, 4) is 0 Å². The van der Waals surface area contributed by atoms with Crippen molar-refractivity contribution in [2.45, 2.75) is 43.9 Å². The van der Waals surface area contributed by atoms with Crippen LogP contribution in [0.3, 0.4) is 0 Å². The fraction of sp³-hybridized carbons (Fsp3) is 0.571. The van der Waals surface area contributed by atoms with Gasteiger partial charge in [-0.25, -0.2) is 9.97 Å². The number of hydrogen-bond acceptors (Lipinski definition) is 5. The van der Waals surface area contributed by atoms with E-state index in [2.05, 4.69) is 26.3 Å². The highest BCUT2D eigenvalue weighted by Crippen LogP contribution is 2.42. The normalized spacial score (nSPS) is 30.2. The van der Waals surface area contributed by atoms with Crippen LogP contribution in [-0.2, 0) is 4.74 Å². The number of piperidine rings is 1. The van der Waals surface area contributed by atoms with Crippen LogP contribution in [0, 0.1) is 0 Å². The summed E-state index contributed by atoms with van der Waals surface area (Å²) in [6, 6.07) is 3.25. The lowest BCUT2D eigenvalue weighted by Crippen LogP contribution is -2.45. The van der Waals surface area contributed by atoms with Gasteiger partial charge in [0.2, 0.25) is 0 Å². The Morgan fingerprint density at radius 1 is 1.26 bits per heavy atom. The van der Waals surface area contributed by atoms with E-state index in [9.17, 15) is 0 Å². The predicted molar refractivity (Wildman–Crippen MR) is 76.7 cm³/mol. The van der Waals surface area contributed by atoms with Gasteiger partial charge in [0.1, 0.15) is 6.33 Å². The maximum atomic E-state index is 5.57. The van der Waals surface area contributed by atoms with Crippen LogP contribution in [0.5, 0.6) is 0 Å². The topological polar surface area (TPSA) is 38.2 Å². The van der Waals surface area contributed by atoms with Crippen LogP contribution in [-0.4, -0.2) is 35.3 Å². The summed E-state index contributed by atoms with van der Waals surface area (Å²) in [5.41, 5.74) is 1.07. The van der Waals surface area contributed by atoms with Gasteiger partial charge >= 0.3 is 0 Å². The van der Waals surface area contributed by atoms with E-state index in [0.29, 0.717) is 18.2 Å². The molecule has 0 amide bonds. The molecule has 2 aliphatic rings. The van der Waals surface area contributed by atoms with Gasteiger partial charge in [0.15, 0.2) is 5.82 Å². The molecule has 0 radical (unpaired) electrons. The lowest BCUT2D eigenvalue weighted by Gasteiger charge is -2.39. The summed E-state index contributed by atoms with van der Waals surface area (Å²) in [7, 11) is 1.84. The first-order chi connectivity index (χ1) is 9.36. The molecule has 4 heterocycles. The Kier molecular flexibility index (Phi) is 2.70. The van der Waals surface area contributed by atoms with Gasteiger partial charge < -0.3 is 9.64 Å². The lowest BCUT2D eigenvalue weighted by molar-refractivity contribution is 0.0683. The molecular formula is C14H17N3OS. The summed E-state index contributed by atoms with van der Waals surface area (Å²) in [4.78, 5) is 11.5. The molecule has 0 N–H and O–H groups in total. The number of nitrogens with zero attached hydrogens (tertiary/aromatic N) is 3. The number of rotatable bonds is 2. The third-order valence-electron chi connectivity index (χ3n) is 4.49. The first-order valence-corrected chi connectivity index (χ1v) is 7.74. The van der Waals surface area contributed by atoms with Crippen LogP contribution in [0.15, 0.2) is 17.8 Å². The SMILES string of the molecule is COC1C[C@H]2CC[C@@H](C1)N2c1ncnc2ccsc12. The Morgan fingerprint density at radius 2 is 2.05 bits per heavy atom. The van der Waals surface area contributed by atoms with Crippen LogP contribution in [0.25, 0.3) is 10.2 Å². The van der Waals surface area contributed by atoms with Crippen LogP contribution in [0.1, 0.15) is 25.7 Å². The predicted octanol–water partition coefficient (Wildman–Crippen LogP) is 2.84. The minimum atomic E-state index is 0.425. The lowest BCUT2D eigenvalue weighted by atomic mass is 10.00. The molecule has 2 fully saturated rings. The number of methoxy groups -OCH3 is 1. The van der Waals surface area contributed by atoms with Crippen molar-refractivity contribution in [2.24, 2.45) is 0 Å². The number of thiophene rings is 1. The molecule has 100 valence electrons. The van der Waals surface area contributed by atoms with E-state index in [0.717, 1.165) is 24.2 Å². The zero-order valence-electron chi connectivity index (χ0n) is 11.0. The maximum absolute atomic E-state index is 5.57. The molecule has 5 heteroatoms. The van der Waals surface area contributed by atoms with E-state index in [-0.39, 0.29) is 0 Å². The van der Waals surface area contributed by atoms with Crippen molar-refractivity contribution in [3.63, 3.8) is 0 Å². The highest BCUT2D eigenvalue weighted by atomic mass is 32.1. The van der Waals surface area contributed by atoms with Crippen molar-refractivity contribution in [1.82, 2.24) is 9.97 Å². The molecule has 0 aliphatic carbocycles. The van der Waals surface area contributed by atoms with E-state index >= 15 is 0 Å². The van der Waals surface area contributed by atoms with Gasteiger partial charge in [0, 0.05) is 19.2 Å². The molecule has 2 aromatic heterocycles. The number of aromatic nitrogens is 2. The molecule has 19 heavy (non-hydrogen) atoms. The first kappa shape index (κ1) is 11.6. The smallest absolute Gasteiger partial charge is 0.150 e. The van der Waals surface area contributed by atoms with Crippen molar-refractivity contribution in [1.29, 1.82) is 0 Å². The fourth-order valence-corrected chi connectivity index (χ4v) is 4.46. The van der Waals surface area contributed by atoms with Crippen LogP contribution in [0.2, 0.25) is 0 Å². The second-order valence-corrected chi connectivity index (χ2v) is 6.37. The third kappa shape index (κ3) is 1.75. The molecule has 2 saturated heterocycles. The molecule has 2 aromatic rings. The number of ether oxygens (including phenoxy) is 1. The summed E-state index contributed by atoms with van der Waals surface area (Å²) in [5.74, 6) is 1.14. The quantitative estimate of drug-likeness (QED) is 0.844. The maximum Gasteiger partial charge on any atom is 0.150 e. The Bertz CT molecular complexity index is 585. The summed E-state index contributed by atoms with van der Waals surface area (Å²) < 4.78 is 6.80. The molecule has 1 unspecified atom stereocenters. The zero-order chi connectivity index (χ0) is 12.8. The summed E-state index contributed by atoms with van der Waals surface area (Å²) in [6.45, 7) is 0. The summed E-state index contributed by atoms with van der Waals surface area (Å²) in [5, 5.41) is 2.10. The zero-order valence-corrected chi connectivity index (χ0v) is 11.8. The van der Waals surface area contributed by atoms with E-state index in [1.807, 2.05) is 7.11 Å². The van der Waals surface area contributed by atoms with Crippen LogP contribution < -0.4 is 4.90 Å². The van der Waals surface area contributed by atoms with Gasteiger partial charge in [-0.15, -0.1) is 11.3 Å². The largest absolute Gasteiger partial charge is 0.381 e. The van der Waals surface area contributed by atoms with Crippen LogP contribution >= 0.6 is 11.3 Å². The minimum absolute atomic E-state index is 0.425. The highest BCUT2D eigenvalue weighted by molar-refractivity contribution is 7.17. The van der Waals surface area contributed by atoms with Gasteiger partial charge in [-0.1, -0.05) is 0 Å². The standard InChI is InChI=1S/C14H17N3OS/c1-18-11-6-9-2-3-10(7-11)17(9)14-13-12(4-5-19-13)15-8-16-14/h4-5,8-11H,2-3,6-7H2,1H3/t9-,10+,11?. The first-order valence-electron chi connectivity index (χ1n) is 6.86. The molecule has 0 spiro atoms. The van der Waals surface area contributed by atoms with Gasteiger partial charge in [0.05, 0.1) is 16.3 Å². The van der Waals surface area contributed by atoms with Crippen molar-refractivity contribution in [2.75, 3.05) is 12.0 Å². The Balaban J connectivity index is 1.75. The number of hydrogen-bond donors (Lipinski definition) is 0. The Labute approximate surface area is 116 Å². The number of anilines is 1. The van der Waals surface area contributed by atoms with Gasteiger partial charge in [0.25, 0.3) is 0 Å². The number of fused-ring (bicyclic) bond motifs is 3. The molecule has 0 aromatic carbocycles. The van der Waals surface area contributed by atoms with Gasteiger partial charge in [-0.05, 0) is 37.1 Å². The monoisotopic (exact) mass is 275 g/mol. The highest BCUT2D eigenvalue weighted by Gasteiger charge is 2.42. The molecule has 0 saturated carbocycles. The third-order valence-corrected chi connectivity index (χ3v) is 5.39. The average molecular weight is 275 g/mol. The van der Waals surface area contributed by atoms with Crippen molar-refractivity contribution < 1.29 is 4.74 Å². The molecule has 2 bridgehead atoms. The van der Waals surface area contributed by atoms with E-state index in [4.69, 9.17) is 4.74 Å². The van der Waals surface area contributed by atoms with E-state index in [1.54, 1.807) is 17.7 Å². The average Bonchev–Trinajstić information content (AvgIpc) is 3.01. The summed E-state index contributed by atoms with van der Waals surface area (Å²) >= 11 is 1.75. The minimum Gasteiger partial charge on any atom is -0.381 e. The van der Waals surface area contributed by atoms with Gasteiger partial charge in [-0.3, -0.25) is 0 Å². The van der Waals surface area contributed by atoms with E-state index < -0.39 is 0 Å². The Morgan fingerprint density at radius 3 is 2.79 bits per heavy atom. The molecule has 4 rings (SSSR count). The second-order valence-electron chi connectivity index (χ2n) is 5.45. The van der Waals surface area contributed by atoms with Crippen molar-refractivity contribution in [3.05, 3.63) is 17.8 Å². The van der Waals surface area contributed by atoms with Crippen LogP contribution in [0.4, 0.5) is 5.82 Å². The van der Waals surface area contributed by atoms with E-state index in [1.165, 1.54) is 17.5 Å². The Hall–Kier alpha value is -1.20. The molecule has 2 aliphatic heterocycles. The molecular weight excluding hydrogens is 258 g/mol. The summed E-state index contributed by atoms with van der Waals surface area (Å²) in [6.07, 6.45) is 6.91. The van der Waals surface area contributed by atoms with Gasteiger partial charge in [-0.2, -0.15) is 0 Å².